The van der Waals surface area contributed by atoms with Crippen LogP contribution in [0.1, 0.15) is 17.3 Å². The van der Waals surface area contributed by atoms with Crippen LogP contribution >= 0.6 is 16.1 Å². The number of aliphatic imine (C=N–C) groups is 1. The van der Waals surface area contributed by atoms with E-state index >= 15 is 0 Å². The molecule has 1 aliphatic rings. The molecule has 0 aliphatic carbocycles. The number of aryl methyl sites for hydroxylation is 2. The van der Waals surface area contributed by atoms with Crippen LogP contribution in [0.3, 0.4) is 0 Å². The van der Waals surface area contributed by atoms with E-state index in [4.69, 9.17) is 14.4 Å². The van der Waals surface area contributed by atoms with E-state index in [-0.39, 0.29) is 5.82 Å². The van der Waals surface area contributed by atoms with Gasteiger partial charge >= 0.3 is 0 Å². The second-order valence-electron chi connectivity index (χ2n) is 7.49. The molecule has 2 aromatic carbocycles. The van der Waals surface area contributed by atoms with Crippen LogP contribution in [0.2, 0.25) is 0 Å². The van der Waals surface area contributed by atoms with Gasteiger partial charge in [-0.3, -0.25) is 0 Å². The quantitative estimate of drug-likeness (QED) is 0.355. The Hall–Kier alpha value is -3.10. The van der Waals surface area contributed by atoms with Crippen molar-refractivity contribution in [3.63, 3.8) is 0 Å². The third kappa shape index (κ3) is 3.96. The molecular weight excluding hydrogens is 461 g/mol. The Kier molecular flexibility index (Phi) is 5.03. The summed E-state index contributed by atoms with van der Waals surface area (Å²) in [5.74, 6) is 1.93. The van der Waals surface area contributed by atoms with E-state index in [1.807, 2.05) is 52.8 Å². The summed E-state index contributed by atoms with van der Waals surface area (Å²) in [6.45, 7) is 4.97. The summed E-state index contributed by atoms with van der Waals surface area (Å²) >= 11 is 3.58. The minimum Gasteiger partial charge on any atom is -0.441 e. The summed E-state index contributed by atoms with van der Waals surface area (Å²) < 4.78 is 23.1. The lowest BCUT2D eigenvalue weighted by molar-refractivity contribution is 0.420. The van der Waals surface area contributed by atoms with E-state index < -0.39 is 0 Å². The molecule has 0 saturated heterocycles. The summed E-state index contributed by atoms with van der Waals surface area (Å²) in [6.07, 6.45) is 3.70. The molecule has 0 atom stereocenters. The third-order valence-corrected chi connectivity index (χ3v) is 5.64. The number of fused-ring (bicyclic) bond motifs is 1. The molecular formula is C23H19BrFN5O. The van der Waals surface area contributed by atoms with E-state index in [0.717, 1.165) is 45.4 Å². The minimum absolute atomic E-state index is 0.247. The first-order valence-corrected chi connectivity index (χ1v) is 10.5. The number of oxazole rings is 1. The zero-order valence-electron chi connectivity index (χ0n) is 17.0. The Morgan fingerprint density at radius 3 is 2.65 bits per heavy atom. The van der Waals surface area contributed by atoms with Gasteiger partial charge < -0.3 is 8.98 Å². The molecule has 0 N–H and O–H groups in total. The highest BCUT2D eigenvalue weighted by Gasteiger charge is 2.24. The number of nitrogens with zero attached hydrogens (tertiary/aromatic N) is 5. The first-order chi connectivity index (χ1) is 15.0. The van der Waals surface area contributed by atoms with E-state index in [0.29, 0.717) is 19.1 Å². The molecule has 4 aromatic rings. The molecule has 31 heavy (non-hydrogen) atoms. The van der Waals surface area contributed by atoms with Gasteiger partial charge in [0.1, 0.15) is 5.82 Å². The van der Waals surface area contributed by atoms with Gasteiger partial charge in [0.2, 0.25) is 0 Å². The lowest BCUT2D eigenvalue weighted by atomic mass is 10.1. The number of benzene rings is 2. The Balaban J connectivity index is 1.49. The van der Waals surface area contributed by atoms with Crippen molar-refractivity contribution in [2.24, 2.45) is 4.99 Å². The number of halogens is 2. The van der Waals surface area contributed by atoms with Crippen LogP contribution in [0, 0.1) is 19.7 Å². The molecule has 0 bridgehead atoms. The molecule has 156 valence electrons. The van der Waals surface area contributed by atoms with Gasteiger partial charge in [-0.1, -0.05) is 0 Å². The van der Waals surface area contributed by atoms with Crippen molar-refractivity contribution >= 4 is 27.5 Å². The van der Waals surface area contributed by atoms with E-state index in [1.165, 1.54) is 12.1 Å². The molecule has 3 heterocycles. The van der Waals surface area contributed by atoms with E-state index in [1.54, 1.807) is 12.3 Å². The maximum absolute atomic E-state index is 13.5. The van der Waals surface area contributed by atoms with Crippen molar-refractivity contribution in [3.05, 3.63) is 78.0 Å². The highest BCUT2D eigenvalue weighted by molar-refractivity contribution is 9.07. The van der Waals surface area contributed by atoms with Gasteiger partial charge in [0.05, 0.1) is 36.5 Å². The van der Waals surface area contributed by atoms with Crippen molar-refractivity contribution < 1.29 is 8.81 Å². The molecule has 0 unspecified atom stereocenters. The van der Waals surface area contributed by atoms with Crippen LogP contribution in [0.15, 0.2) is 64.3 Å². The maximum atomic E-state index is 13.5. The lowest BCUT2D eigenvalue weighted by Crippen LogP contribution is -2.32. The number of rotatable bonds is 3. The molecule has 8 heteroatoms. The molecule has 6 nitrogen and oxygen atoms in total. The van der Waals surface area contributed by atoms with Crippen molar-refractivity contribution in [2.45, 2.75) is 20.5 Å². The van der Waals surface area contributed by atoms with Crippen LogP contribution < -0.4 is 0 Å². The van der Waals surface area contributed by atoms with Crippen LogP contribution in [0.25, 0.3) is 22.6 Å². The van der Waals surface area contributed by atoms with Gasteiger partial charge in [0.25, 0.3) is 0 Å². The highest BCUT2D eigenvalue weighted by Crippen LogP contribution is 2.28. The van der Waals surface area contributed by atoms with Gasteiger partial charge in [0, 0.05) is 40.4 Å². The predicted octanol–water partition coefficient (Wildman–Crippen LogP) is 5.66. The third-order valence-electron chi connectivity index (χ3n) is 5.16. The van der Waals surface area contributed by atoms with Gasteiger partial charge in [-0.15, -0.1) is 0 Å². The van der Waals surface area contributed by atoms with Gasteiger partial charge in [-0.2, -0.15) is 0 Å². The van der Waals surface area contributed by atoms with Gasteiger partial charge in [0.15, 0.2) is 17.5 Å². The smallest absolute Gasteiger partial charge is 0.191 e. The Morgan fingerprint density at radius 1 is 1.13 bits per heavy atom. The van der Waals surface area contributed by atoms with Gasteiger partial charge in [-0.05, 0) is 55.0 Å². The molecule has 0 radical (unpaired) electrons. The van der Waals surface area contributed by atoms with Crippen molar-refractivity contribution in [1.29, 1.82) is 0 Å². The fourth-order valence-corrected chi connectivity index (χ4v) is 4.16. The molecule has 1 aliphatic heterocycles. The molecule has 0 spiro atoms. The molecule has 2 aromatic heterocycles. The Labute approximate surface area is 187 Å². The fourth-order valence-electron chi connectivity index (χ4n) is 3.68. The largest absolute Gasteiger partial charge is 0.441 e. The van der Waals surface area contributed by atoms with Crippen molar-refractivity contribution in [1.82, 2.24) is 18.5 Å². The molecule has 0 amide bonds. The minimum atomic E-state index is -0.247. The number of hydrogen-bond donors (Lipinski definition) is 0. The second-order valence-corrected chi connectivity index (χ2v) is 8.49. The average Bonchev–Trinajstić information content (AvgIpc) is 3.35. The molecule has 5 rings (SSSR count). The van der Waals surface area contributed by atoms with E-state index in [9.17, 15) is 4.39 Å². The zero-order chi connectivity index (χ0) is 21.5. The summed E-state index contributed by atoms with van der Waals surface area (Å²) in [6, 6.07) is 12.6. The van der Waals surface area contributed by atoms with Crippen LogP contribution in [0.4, 0.5) is 10.1 Å². The first kappa shape index (κ1) is 19.8. The van der Waals surface area contributed by atoms with Crippen LogP contribution in [-0.2, 0) is 6.67 Å². The standard InChI is InChI=1S/C23H19BrFN5O/c1-14-9-17(25)5-8-19(14)20-11-29-13-30(24)12-21(23(29)28-20)27-18-6-3-16(4-7-18)22-10-26-15(2)31-22/h3-11H,12-13H2,1-2H3. The topological polar surface area (TPSA) is 59.5 Å². The summed E-state index contributed by atoms with van der Waals surface area (Å²) in [5, 5.41) is 0. The van der Waals surface area contributed by atoms with Crippen LogP contribution in [0.5, 0.6) is 0 Å². The molecule has 0 saturated carbocycles. The fraction of sp³-hybridized carbons (Fsp3) is 0.174. The zero-order valence-corrected chi connectivity index (χ0v) is 18.6. The second kappa shape index (κ2) is 7.86. The lowest BCUT2D eigenvalue weighted by Gasteiger charge is -2.23. The van der Waals surface area contributed by atoms with E-state index in [2.05, 4.69) is 21.1 Å². The Morgan fingerprint density at radius 2 is 1.94 bits per heavy atom. The Bertz CT molecular complexity index is 1290. The van der Waals surface area contributed by atoms with Crippen LogP contribution in [-0.4, -0.2) is 30.7 Å². The van der Waals surface area contributed by atoms with Crippen molar-refractivity contribution in [2.75, 3.05) is 6.54 Å². The SMILES string of the molecule is Cc1ncc(-c2ccc(N=C3CN(Br)Cn4cc(-c5ccc(F)cc5C)nc43)cc2)o1. The average molecular weight is 480 g/mol. The first-order valence-electron chi connectivity index (χ1n) is 9.81. The monoisotopic (exact) mass is 479 g/mol. The highest BCUT2D eigenvalue weighted by atomic mass is 79.9. The summed E-state index contributed by atoms with van der Waals surface area (Å²) in [5.41, 5.74) is 5.19. The predicted molar refractivity (Wildman–Crippen MR) is 121 cm³/mol. The number of hydrogen-bond acceptors (Lipinski definition) is 5. The van der Waals surface area contributed by atoms with Gasteiger partial charge in [-0.25, -0.2) is 23.3 Å². The maximum Gasteiger partial charge on any atom is 0.191 e. The summed E-state index contributed by atoms with van der Waals surface area (Å²) in [7, 11) is 0. The molecule has 0 fully saturated rings. The number of imidazole rings is 1. The summed E-state index contributed by atoms with van der Waals surface area (Å²) in [4.78, 5) is 13.8. The number of aromatic nitrogens is 3. The van der Waals surface area contributed by atoms with Crippen molar-refractivity contribution in [3.8, 4) is 22.6 Å². The normalized spacial score (nSPS) is 15.4.